The summed E-state index contributed by atoms with van der Waals surface area (Å²) in [4.78, 5) is 4.47. The van der Waals surface area contributed by atoms with Crippen molar-refractivity contribution in [2.45, 2.75) is 39.8 Å². The fourth-order valence-electron chi connectivity index (χ4n) is 2.65. The van der Waals surface area contributed by atoms with E-state index < -0.39 is 6.10 Å². The molecule has 1 heterocycles. The predicted molar refractivity (Wildman–Crippen MR) is 122 cm³/mol. The third-order valence-electron chi connectivity index (χ3n) is 3.96. The molecule has 1 unspecified atom stereocenters. The Balaban J connectivity index is 0.00000364. The summed E-state index contributed by atoms with van der Waals surface area (Å²) in [5, 5.41) is 21.9. The van der Waals surface area contributed by atoms with Crippen LogP contribution < -0.4 is 10.6 Å². The van der Waals surface area contributed by atoms with E-state index in [9.17, 15) is 5.11 Å². The van der Waals surface area contributed by atoms with Gasteiger partial charge in [0.2, 0.25) is 0 Å². The second kappa shape index (κ2) is 12.2. The average molecular weight is 506 g/mol. The molecule has 8 heteroatoms. The van der Waals surface area contributed by atoms with E-state index in [0.29, 0.717) is 11.0 Å². The summed E-state index contributed by atoms with van der Waals surface area (Å²) < 4.78 is 2.02. The number of aliphatic imine (C=N–C) groups is 1. The highest BCUT2D eigenvalue weighted by Gasteiger charge is 2.07. The number of rotatable bonds is 8. The smallest absolute Gasteiger partial charge is 0.191 e. The van der Waals surface area contributed by atoms with Crippen LogP contribution in [0, 0.1) is 13.8 Å². The molecule has 0 aliphatic heterocycles. The highest BCUT2D eigenvalue weighted by Crippen LogP contribution is 2.16. The maximum absolute atomic E-state index is 10.3. The van der Waals surface area contributed by atoms with Gasteiger partial charge in [-0.1, -0.05) is 23.7 Å². The van der Waals surface area contributed by atoms with E-state index in [-0.39, 0.29) is 30.5 Å². The molecule has 0 fully saturated rings. The Hall–Kier alpha value is -1.32. The summed E-state index contributed by atoms with van der Waals surface area (Å²) in [5.74, 6) is 0.703. The molecule has 0 radical (unpaired) electrons. The van der Waals surface area contributed by atoms with Crippen LogP contribution in [0.25, 0.3) is 0 Å². The summed E-state index contributed by atoms with van der Waals surface area (Å²) in [6.45, 7) is 8.78. The second-order valence-electron chi connectivity index (χ2n) is 6.22. The second-order valence-corrected chi connectivity index (χ2v) is 6.65. The molecule has 2 rings (SSSR count). The average Bonchev–Trinajstić information content (AvgIpc) is 2.94. The molecule has 0 aliphatic rings. The number of aliphatic hydroxyl groups excluding tert-OH is 1. The third-order valence-corrected chi connectivity index (χ3v) is 4.22. The fourth-order valence-corrected chi connectivity index (χ4v) is 2.77. The molecule has 0 spiro atoms. The van der Waals surface area contributed by atoms with Gasteiger partial charge in [-0.25, -0.2) is 0 Å². The first-order chi connectivity index (χ1) is 12.5. The maximum Gasteiger partial charge on any atom is 0.191 e. The normalized spacial score (nSPS) is 12.4. The molecule has 6 nitrogen and oxygen atoms in total. The molecule has 27 heavy (non-hydrogen) atoms. The summed E-state index contributed by atoms with van der Waals surface area (Å²) in [6, 6.07) is 9.25. The van der Waals surface area contributed by atoms with Crippen LogP contribution in [0.4, 0.5) is 0 Å². The van der Waals surface area contributed by atoms with Crippen molar-refractivity contribution in [2.24, 2.45) is 4.99 Å². The van der Waals surface area contributed by atoms with Gasteiger partial charge in [-0.3, -0.25) is 9.67 Å². The molecular formula is C19H29ClIN5O. The largest absolute Gasteiger partial charge is 0.386 e. The molecule has 0 saturated carbocycles. The SMILES string of the molecule is CCNC(=NCC(O)c1ccc(Cl)cc1)NCCCn1nc(C)cc1C.I. The first kappa shape index (κ1) is 23.7. The van der Waals surface area contributed by atoms with Crippen molar-refractivity contribution in [1.82, 2.24) is 20.4 Å². The molecule has 0 bridgehead atoms. The number of hydrogen-bond donors (Lipinski definition) is 3. The summed E-state index contributed by atoms with van der Waals surface area (Å²) in [5.41, 5.74) is 3.02. The van der Waals surface area contributed by atoms with Gasteiger partial charge >= 0.3 is 0 Å². The van der Waals surface area contributed by atoms with Gasteiger partial charge < -0.3 is 15.7 Å². The minimum Gasteiger partial charge on any atom is -0.386 e. The molecule has 0 aliphatic carbocycles. The van der Waals surface area contributed by atoms with Crippen LogP contribution in [0.15, 0.2) is 35.3 Å². The molecular weight excluding hydrogens is 477 g/mol. The van der Waals surface area contributed by atoms with Gasteiger partial charge in [-0.15, -0.1) is 24.0 Å². The molecule has 0 saturated heterocycles. The number of guanidine groups is 1. The number of halogens is 2. The van der Waals surface area contributed by atoms with Crippen molar-refractivity contribution >= 4 is 41.5 Å². The lowest BCUT2D eigenvalue weighted by atomic mass is 10.1. The van der Waals surface area contributed by atoms with Crippen LogP contribution in [0.2, 0.25) is 5.02 Å². The number of nitrogens with zero attached hydrogens (tertiary/aromatic N) is 3. The number of hydrogen-bond acceptors (Lipinski definition) is 3. The fraction of sp³-hybridized carbons (Fsp3) is 0.474. The summed E-state index contributed by atoms with van der Waals surface area (Å²) in [6.07, 6.45) is 0.281. The molecule has 2 aromatic rings. The minimum absolute atomic E-state index is 0. The molecule has 1 aromatic carbocycles. The Bertz CT molecular complexity index is 717. The molecule has 150 valence electrons. The van der Waals surface area contributed by atoms with Gasteiger partial charge in [0.25, 0.3) is 0 Å². The van der Waals surface area contributed by atoms with Crippen LogP contribution >= 0.6 is 35.6 Å². The Morgan fingerprint density at radius 1 is 1.26 bits per heavy atom. The molecule has 3 N–H and O–H groups in total. The zero-order valence-corrected chi connectivity index (χ0v) is 19.2. The Morgan fingerprint density at radius 2 is 1.96 bits per heavy atom. The van der Waals surface area contributed by atoms with E-state index in [0.717, 1.165) is 37.3 Å². The lowest BCUT2D eigenvalue weighted by Crippen LogP contribution is -2.38. The quantitative estimate of drug-likeness (QED) is 0.222. The lowest BCUT2D eigenvalue weighted by molar-refractivity contribution is 0.187. The van der Waals surface area contributed by atoms with Gasteiger partial charge in [0.1, 0.15) is 0 Å². The molecule has 1 aromatic heterocycles. The van der Waals surface area contributed by atoms with Crippen molar-refractivity contribution in [1.29, 1.82) is 0 Å². The Labute approximate surface area is 183 Å². The van der Waals surface area contributed by atoms with Crippen LogP contribution in [0.1, 0.15) is 36.4 Å². The van der Waals surface area contributed by atoms with E-state index in [1.165, 1.54) is 5.69 Å². The van der Waals surface area contributed by atoms with E-state index in [2.05, 4.69) is 33.7 Å². The van der Waals surface area contributed by atoms with Crippen molar-refractivity contribution in [3.63, 3.8) is 0 Å². The maximum atomic E-state index is 10.3. The highest BCUT2D eigenvalue weighted by atomic mass is 127. The van der Waals surface area contributed by atoms with Crippen LogP contribution in [-0.2, 0) is 6.54 Å². The van der Waals surface area contributed by atoms with Gasteiger partial charge in [0.15, 0.2) is 5.96 Å². The number of nitrogens with one attached hydrogen (secondary N) is 2. The van der Waals surface area contributed by atoms with Crippen molar-refractivity contribution in [3.05, 3.63) is 52.3 Å². The topological polar surface area (TPSA) is 74.5 Å². The third kappa shape index (κ3) is 8.06. The van der Waals surface area contributed by atoms with E-state index in [4.69, 9.17) is 11.6 Å². The summed E-state index contributed by atoms with van der Waals surface area (Å²) >= 11 is 5.88. The van der Waals surface area contributed by atoms with Crippen molar-refractivity contribution in [3.8, 4) is 0 Å². The Morgan fingerprint density at radius 3 is 2.56 bits per heavy atom. The predicted octanol–water partition coefficient (Wildman–Crippen LogP) is 3.45. The first-order valence-electron chi connectivity index (χ1n) is 8.96. The standard InChI is InChI=1S/C19H28ClN5O.HI/c1-4-21-19(22-10-5-11-25-15(3)12-14(2)24-25)23-13-18(26)16-6-8-17(20)9-7-16;/h6-9,12,18,26H,4-5,10-11,13H2,1-3H3,(H2,21,22,23);1H. The summed E-state index contributed by atoms with van der Waals surface area (Å²) in [7, 11) is 0. The number of benzene rings is 1. The van der Waals surface area contributed by atoms with Gasteiger partial charge in [-0.05, 0) is 51.0 Å². The van der Waals surface area contributed by atoms with Gasteiger partial charge in [-0.2, -0.15) is 5.10 Å². The van der Waals surface area contributed by atoms with Crippen LogP contribution in [0.5, 0.6) is 0 Å². The van der Waals surface area contributed by atoms with Crippen LogP contribution in [-0.4, -0.2) is 40.5 Å². The Kier molecular flexibility index (Phi) is 10.7. The number of aromatic nitrogens is 2. The zero-order chi connectivity index (χ0) is 18.9. The van der Waals surface area contributed by atoms with Crippen LogP contribution in [0.3, 0.4) is 0 Å². The van der Waals surface area contributed by atoms with Crippen molar-refractivity contribution in [2.75, 3.05) is 19.6 Å². The zero-order valence-electron chi connectivity index (χ0n) is 16.1. The van der Waals surface area contributed by atoms with E-state index >= 15 is 0 Å². The van der Waals surface area contributed by atoms with E-state index in [1.54, 1.807) is 12.1 Å². The first-order valence-corrected chi connectivity index (χ1v) is 9.34. The minimum atomic E-state index is -0.655. The lowest BCUT2D eigenvalue weighted by Gasteiger charge is -2.13. The molecule has 0 amide bonds. The number of aliphatic hydroxyl groups is 1. The van der Waals surface area contributed by atoms with Gasteiger partial charge in [0.05, 0.1) is 18.3 Å². The van der Waals surface area contributed by atoms with E-state index in [1.807, 2.05) is 30.7 Å². The molecule has 1 atom stereocenters. The highest BCUT2D eigenvalue weighted by molar-refractivity contribution is 14.0. The number of aryl methyl sites for hydroxylation is 3. The van der Waals surface area contributed by atoms with Crippen molar-refractivity contribution < 1.29 is 5.11 Å². The van der Waals surface area contributed by atoms with Gasteiger partial charge in [0, 0.05) is 30.4 Å². The monoisotopic (exact) mass is 505 g/mol.